The van der Waals surface area contributed by atoms with Gasteiger partial charge in [-0.25, -0.2) is 0 Å². The van der Waals surface area contributed by atoms with Crippen LogP contribution in [0.4, 0.5) is 11.4 Å². The Bertz CT molecular complexity index is 875. The van der Waals surface area contributed by atoms with E-state index in [1.54, 1.807) is 18.2 Å². The van der Waals surface area contributed by atoms with E-state index in [1.165, 1.54) is 0 Å². The second-order valence-corrected chi connectivity index (χ2v) is 7.58. The fourth-order valence-corrected chi connectivity index (χ4v) is 3.41. The molecular formula is C25H33N3O3. The van der Waals surface area contributed by atoms with Crippen molar-refractivity contribution in [3.8, 4) is 0 Å². The van der Waals surface area contributed by atoms with Crippen LogP contribution in [0.1, 0.15) is 61.9 Å². The van der Waals surface area contributed by atoms with E-state index in [2.05, 4.69) is 24.5 Å². The van der Waals surface area contributed by atoms with Gasteiger partial charge in [0.25, 0.3) is 5.91 Å². The monoisotopic (exact) mass is 423 g/mol. The van der Waals surface area contributed by atoms with E-state index < -0.39 is 0 Å². The Labute approximate surface area is 185 Å². The van der Waals surface area contributed by atoms with Crippen molar-refractivity contribution < 1.29 is 14.4 Å². The summed E-state index contributed by atoms with van der Waals surface area (Å²) in [5.74, 6) is -0.279. The second-order valence-electron chi connectivity index (χ2n) is 7.58. The van der Waals surface area contributed by atoms with Gasteiger partial charge in [-0.05, 0) is 56.0 Å². The SMILES string of the molecule is CCCN(CCC)C(=O)CCCC(=O)Nc1cccc(C(=O)Nc2ccccc2)c1C. The zero-order valence-corrected chi connectivity index (χ0v) is 18.7. The van der Waals surface area contributed by atoms with Crippen molar-refractivity contribution >= 4 is 29.1 Å². The van der Waals surface area contributed by atoms with Gasteiger partial charge >= 0.3 is 0 Å². The predicted octanol–water partition coefficient (Wildman–Crippen LogP) is 5.00. The summed E-state index contributed by atoms with van der Waals surface area (Å²) in [4.78, 5) is 39.2. The first-order chi connectivity index (χ1) is 15.0. The highest BCUT2D eigenvalue weighted by Gasteiger charge is 2.15. The molecule has 0 atom stereocenters. The van der Waals surface area contributed by atoms with Crippen LogP contribution in [0.25, 0.3) is 0 Å². The Morgan fingerprint density at radius 2 is 1.52 bits per heavy atom. The van der Waals surface area contributed by atoms with E-state index >= 15 is 0 Å². The van der Waals surface area contributed by atoms with E-state index in [0.29, 0.717) is 35.3 Å². The molecule has 0 heterocycles. The molecule has 2 N–H and O–H groups in total. The lowest BCUT2D eigenvalue weighted by Crippen LogP contribution is -2.32. The lowest BCUT2D eigenvalue weighted by Gasteiger charge is -2.21. The van der Waals surface area contributed by atoms with Gasteiger partial charge in [0, 0.05) is 42.9 Å². The third-order valence-electron chi connectivity index (χ3n) is 5.02. The number of rotatable bonds is 11. The van der Waals surface area contributed by atoms with E-state index in [4.69, 9.17) is 0 Å². The Balaban J connectivity index is 1.91. The molecular weight excluding hydrogens is 390 g/mol. The molecule has 0 saturated heterocycles. The molecule has 0 aliphatic heterocycles. The van der Waals surface area contributed by atoms with Crippen LogP contribution < -0.4 is 10.6 Å². The van der Waals surface area contributed by atoms with Crippen LogP contribution in [-0.4, -0.2) is 35.7 Å². The molecule has 3 amide bonds. The molecule has 0 aliphatic rings. The topological polar surface area (TPSA) is 78.5 Å². The summed E-state index contributed by atoms with van der Waals surface area (Å²) in [6, 6.07) is 14.5. The van der Waals surface area contributed by atoms with E-state index in [-0.39, 0.29) is 24.1 Å². The van der Waals surface area contributed by atoms with Gasteiger partial charge < -0.3 is 15.5 Å². The Hall–Kier alpha value is -3.15. The molecule has 0 saturated carbocycles. The Morgan fingerprint density at radius 1 is 0.839 bits per heavy atom. The van der Waals surface area contributed by atoms with Crippen LogP contribution in [0.15, 0.2) is 48.5 Å². The first-order valence-corrected chi connectivity index (χ1v) is 11.0. The highest BCUT2D eigenvalue weighted by molar-refractivity contribution is 6.06. The van der Waals surface area contributed by atoms with E-state index in [9.17, 15) is 14.4 Å². The maximum atomic E-state index is 12.6. The zero-order valence-electron chi connectivity index (χ0n) is 18.7. The maximum Gasteiger partial charge on any atom is 0.256 e. The van der Waals surface area contributed by atoms with Crippen molar-refractivity contribution in [3.05, 3.63) is 59.7 Å². The van der Waals surface area contributed by atoms with Gasteiger partial charge in [0.1, 0.15) is 0 Å². The smallest absolute Gasteiger partial charge is 0.256 e. The predicted molar refractivity (Wildman–Crippen MR) is 125 cm³/mol. The number of para-hydroxylation sites is 1. The van der Waals surface area contributed by atoms with Crippen LogP contribution in [0, 0.1) is 6.92 Å². The number of amides is 3. The van der Waals surface area contributed by atoms with Gasteiger partial charge in [0.2, 0.25) is 11.8 Å². The Morgan fingerprint density at radius 3 is 2.16 bits per heavy atom. The van der Waals surface area contributed by atoms with Gasteiger partial charge in [-0.3, -0.25) is 14.4 Å². The second kappa shape index (κ2) is 12.5. The number of anilines is 2. The molecule has 0 bridgehead atoms. The first-order valence-electron chi connectivity index (χ1n) is 11.0. The quantitative estimate of drug-likeness (QED) is 0.533. The van der Waals surface area contributed by atoms with Crippen molar-refractivity contribution in [1.82, 2.24) is 4.90 Å². The summed E-state index contributed by atoms with van der Waals surface area (Å²) >= 11 is 0. The standard InChI is InChI=1S/C25H33N3O3/c1-4-17-28(18-5-2)24(30)16-10-15-23(29)27-22-14-9-13-21(19(22)3)25(31)26-20-11-7-6-8-12-20/h6-9,11-14H,4-5,10,15-18H2,1-3H3,(H,26,31)(H,27,29). The molecule has 0 aliphatic carbocycles. The van der Waals surface area contributed by atoms with Crippen molar-refractivity contribution in [2.24, 2.45) is 0 Å². The molecule has 31 heavy (non-hydrogen) atoms. The summed E-state index contributed by atoms with van der Waals surface area (Å²) in [6.45, 7) is 7.44. The lowest BCUT2D eigenvalue weighted by molar-refractivity contribution is -0.131. The number of nitrogens with one attached hydrogen (secondary N) is 2. The average Bonchev–Trinajstić information content (AvgIpc) is 2.75. The van der Waals surface area contributed by atoms with Crippen LogP contribution in [0.2, 0.25) is 0 Å². The molecule has 0 radical (unpaired) electrons. The minimum absolute atomic E-state index is 0.104. The number of benzene rings is 2. The summed E-state index contributed by atoms with van der Waals surface area (Å²) in [7, 11) is 0. The normalized spacial score (nSPS) is 10.4. The maximum absolute atomic E-state index is 12.6. The fraction of sp³-hybridized carbons (Fsp3) is 0.400. The minimum atomic E-state index is -0.225. The zero-order chi connectivity index (χ0) is 22.6. The molecule has 6 heteroatoms. The number of carbonyl (C=O) groups excluding carboxylic acids is 3. The highest BCUT2D eigenvalue weighted by atomic mass is 16.2. The molecule has 2 rings (SSSR count). The van der Waals surface area contributed by atoms with Gasteiger partial charge in [-0.1, -0.05) is 38.1 Å². The van der Waals surface area contributed by atoms with Crippen LogP contribution >= 0.6 is 0 Å². The number of carbonyl (C=O) groups is 3. The highest BCUT2D eigenvalue weighted by Crippen LogP contribution is 2.21. The largest absolute Gasteiger partial charge is 0.343 e. The van der Waals surface area contributed by atoms with E-state index in [1.807, 2.05) is 42.2 Å². The minimum Gasteiger partial charge on any atom is -0.343 e. The molecule has 0 fully saturated rings. The van der Waals surface area contributed by atoms with Crippen molar-refractivity contribution in [1.29, 1.82) is 0 Å². The third kappa shape index (κ3) is 7.55. The molecule has 2 aromatic rings. The summed E-state index contributed by atoms with van der Waals surface area (Å²) in [6.07, 6.45) is 2.99. The molecule has 166 valence electrons. The van der Waals surface area contributed by atoms with Crippen molar-refractivity contribution in [3.63, 3.8) is 0 Å². The van der Waals surface area contributed by atoms with Crippen LogP contribution in [-0.2, 0) is 9.59 Å². The van der Waals surface area contributed by atoms with Crippen molar-refractivity contribution in [2.75, 3.05) is 23.7 Å². The average molecular weight is 424 g/mol. The van der Waals surface area contributed by atoms with Gasteiger partial charge in [-0.2, -0.15) is 0 Å². The van der Waals surface area contributed by atoms with Crippen molar-refractivity contribution in [2.45, 2.75) is 52.9 Å². The summed E-state index contributed by atoms with van der Waals surface area (Å²) in [5.41, 5.74) is 2.53. The summed E-state index contributed by atoms with van der Waals surface area (Å²) in [5, 5.41) is 5.74. The summed E-state index contributed by atoms with van der Waals surface area (Å²) < 4.78 is 0. The number of hydrogen-bond donors (Lipinski definition) is 2. The molecule has 0 aromatic heterocycles. The lowest BCUT2D eigenvalue weighted by atomic mass is 10.1. The number of hydrogen-bond acceptors (Lipinski definition) is 3. The van der Waals surface area contributed by atoms with Crippen LogP contribution in [0.3, 0.4) is 0 Å². The molecule has 0 spiro atoms. The number of nitrogens with zero attached hydrogens (tertiary/aromatic N) is 1. The van der Waals surface area contributed by atoms with Gasteiger partial charge in [0.15, 0.2) is 0 Å². The Kier molecular flexibility index (Phi) is 9.75. The van der Waals surface area contributed by atoms with Crippen LogP contribution in [0.5, 0.6) is 0 Å². The molecule has 2 aromatic carbocycles. The molecule has 0 unspecified atom stereocenters. The van der Waals surface area contributed by atoms with Gasteiger partial charge in [0.05, 0.1) is 0 Å². The molecule has 6 nitrogen and oxygen atoms in total. The van der Waals surface area contributed by atoms with Gasteiger partial charge in [-0.15, -0.1) is 0 Å². The fourth-order valence-electron chi connectivity index (χ4n) is 3.41. The third-order valence-corrected chi connectivity index (χ3v) is 5.02. The van der Waals surface area contributed by atoms with E-state index in [0.717, 1.165) is 25.9 Å². The first kappa shape index (κ1) is 24.1.